The molecular weight excluding hydrogens is 326 g/mol. The van der Waals surface area contributed by atoms with E-state index < -0.39 is 10.2 Å². The SMILES string of the molecule is CC(=O)Nc1cccc([C@@H](C)NS(=O)(=O)N2C[C@H](C)C[C@H](C)C2)c1. The molecule has 6 nitrogen and oxygen atoms in total. The minimum atomic E-state index is -3.54. The van der Waals surface area contributed by atoms with Gasteiger partial charge in [-0.05, 0) is 42.9 Å². The molecule has 1 aromatic carbocycles. The molecule has 7 heteroatoms. The molecule has 1 fully saturated rings. The van der Waals surface area contributed by atoms with Crippen LogP contribution in [-0.4, -0.2) is 31.7 Å². The Morgan fingerprint density at radius 1 is 1.25 bits per heavy atom. The van der Waals surface area contributed by atoms with Crippen molar-refractivity contribution in [2.45, 2.75) is 40.2 Å². The first-order valence-electron chi connectivity index (χ1n) is 8.32. The quantitative estimate of drug-likeness (QED) is 0.854. The van der Waals surface area contributed by atoms with Gasteiger partial charge in [-0.3, -0.25) is 4.79 Å². The van der Waals surface area contributed by atoms with Gasteiger partial charge in [-0.2, -0.15) is 17.4 Å². The van der Waals surface area contributed by atoms with E-state index >= 15 is 0 Å². The summed E-state index contributed by atoms with van der Waals surface area (Å²) in [7, 11) is -3.54. The van der Waals surface area contributed by atoms with Gasteiger partial charge >= 0.3 is 0 Å². The molecule has 2 rings (SSSR count). The van der Waals surface area contributed by atoms with Gasteiger partial charge in [0.15, 0.2) is 0 Å². The Labute approximate surface area is 144 Å². The van der Waals surface area contributed by atoms with Gasteiger partial charge in [0.05, 0.1) is 0 Å². The van der Waals surface area contributed by atoms with Crippen molar-refractivity contribution in [2.75, 3.05) is 18.4 Å². The number of rotatable bonds is 5. The van der Waals surface area contributed by atoms with Crippen LogP contribution in [0.3, 0.4) is 0 Å². The summed E-state index contributed by atoms with van der Waals surface area (Å²) in [5.41, 5.74) is 1.47. The van der Waals surface area contributed by atoms with E-state index in [0.717, 1.165) is 12.0 Å². The zero-order valence-electron chi connectivity index (χ0n) is 14.7. The summed E-state index contributed by atoms with van der Waals surface area (Å²) in [6.45, 7) is 8.52. The molecule has 1 aliphatic heterocycles. The van der Waals surface area contributed by atoms with Crippen molar-refractivity contribution >= 4 is 21.8 Å². The highest BCUT2D eigenvalue weighted by molar-refractivity contribution is 7.87. The molecule has 1 aromatic rings. The lowest BCUT2D eigenvalue weighted by molar-refractivity contribution is -0.114. The topological polar surface area (TPSA) is 78.5 Å². The van der Waals surface area contributed by atoms with E-state index in [1.54, 1.807) is 29.4 Å². The molecule has 1 amide bonds. The molecule has 1 saturated heterocycles. The van der Waals surface area contributed by atoms with E-state index in [4.69, 9.17) is 0 Å². The van der Waals surface area contributed by atoms with E-state index in [-0.39, 0.29) is 11.9 Å². The molecule has 0 aliphatic carbocycles. The number of nitrogens with one attached hydrogen (secondary N) is 2. The predicted octanol–water partition coefficient (Wildman–Crippen LogP) is 2.52. The number of carbonyl (C=O) groups excluding carboxylic acids is 1. The van der Waals surface area contributed by atoms with E-state index in [1.165, 1.54) is 6.92 Å². The zero-order valence-corrected chi connectivity index (χ0v) is 15.6. The number of nitrogens with zero attached hydrogens (tertiary/aromatic N) is 1. The highest BCUT2D eigenvalue weighted by atomic mass is 32.2. The van der Waals surface area contributed by atoms with Crippen LogP contribution in [0.15, 0.2) is 24.3 Å². The third-order valence-corrected chi connectivity index (χ3v) is 5.84. The molecule has 2 N–H and O–H groups in total. The first-order chi connectivity index (χ1) is 11.2. The molecule has 1 heterocycles. The second-order valence-electron chi connectivity index (χ2n) is 6.91. The van der Waals surface area contributed by atoms with E-state index in [0.29, 0.717) is 30.6 Å². The Balaban J connectivity index is 2.10. The summed E-state index contributed by atoms with van der Waals surface area (Å²) in [6.07, 6.45) is 1.06. The zero-order chi connectivity index (χ0) is 17.9. The molecule has 0 aromatic heterocycles. The highest BCUT2D eigenvalue weighted by Crippen LogP contribution is 2.24. The van der Waals surface area contributed by atoms with Gasteiger partial charge in [-0.15, -0.1) is 0 Å². The van der Waals surface area contributed by atoms with Gasteiger partial charge in [0.1, 0.15) is 0 Å². The van der Waals surface area contributed by atoms with Crippen LogP contribution in [-0.2, 0) is 15.0 Å². The smallest absolute Gasteiger partial charge is 0.280 e. The Kier molecular flexibility index (Phi) is 6.01. The van der Waals surface area contributed by atoms with Crippen LogP contribution < -0.4 is 10.0 Å². The molecule has 134 valence electrons. The molecule has 0 bridgehead atoms. The van der Waals surface area contributed by atoms with Crippen molar-refractivity contribution in [3.8, 4) is 0 Å². The maximum Gasteiger partial charge on any atom is 0.280 e. The van der Waals surface area contributed by atoms with Crippen molar-refractivity contribution in [3.05, 3.63) is 29.8 Å². The Hall–Kier alpha value is -1.44. The van der Waals surface area contributed by atoms with E-state index in [2.05, 4.69) is 23.9 Å². The second-order valence-corrected chi connectivity index (χ2v) is 8.62. The van der Waals surface area contributed by atoms with E-state index in [1.807, 2.05) is 6.07 Å². The first kappa shape index (κ1) is 18.9. The lowest BCUT2D eigenvalue weighted by atomic mass is 9.94. The maximum absolute atomic E-state index is 12.7. The van der Waals surface area contributed by atoms with Crippen LogP contribution in [0.25, 0.3) is 0 Å². The summed E-state index contributed by atoms with van der Waals surface area (Å²) in [5, 5.41) is 2.71. The van der Waals surface area contributed by atoms with Crippen molar-refractivity contribution < 1.29 is 13.2 Å². The normalized spacial score (nSPS) is 23.7. The Bertz CT molecular complexity index is 680. The minimum Gasteiger partial charge on any atom is -0.326 e. The monoisotopic (exact) mass is 353 g/mol. The number of benzene rings is 1. The fourth-order valence-electron chi connectivity index (χ4n) is 3.26. The molecule has 0 radical (unpaired) electrons. The van der Waals surface area contributed by atoms with Crippen LogP contribution in [0.1, 0.15) is 45.7 Å². The van der Waals surface area contributed by atoms with Crippen LogP contribution in [0, 0.1) is 11.8 Å². The van der Waals surface area contributed by atoms with E-state index in [9.17, 15) is 13.2 Å². The number of anilines is 1. The highest BCUT2D eigenvalue weighted by Gasteiger charge is 2.31. The van der Waals surface area contributed by atoms with Gasteiger partial charge in [-0.25, -0.2) is 0 Å². The van der Waals surface area contributed by atoms with Crippen molar-refractivity contribution in [1.82, 2.24) is 9.03 Å². The maximum atomic E-state index is 12.7. The number of hydrogen-bond acceptors (Lipinski definition) is 3. The van der Waals surface area contributed by atoms with Crippen molar-refractivity contribution in [1.29, 1.82) is 0 Å². The third-order valence-electron chi connectivity index (χ3n) is 4.21. The van der Waals surface area contributed by atoms with Crippen LogP contribution >= 0.6 is 0 Å². The van der Waals surface area contributed by atoms with Crippen molar-refractivity contribution in [2.24, 2.45) is 11.8 Å². The summed E-state index contributed by atoms with van der Waals surface area (Å²) in [4.78, 5) is 11.2. The minimum absolute atomic E-state index is 0.156. The van der Waals surface area contributed by atoms with Gasteiger partial charge in [-0.1, -0.05) is 26.0 Å². The van der Waals surface area contributed by atoms with Crippen LogP contribution in [0.4, 0.5) is 5.69 Å². The van der Waals surface area contributed by atoms with Gasteiger partial charge in [0.25, 0.3) is 10.2 Å². The number of hydrogen-bond donors (Lipinski definition) is 2. The average molecular weight is 353 g/mol. The summed E-state index contributed by atoms with van der Waals surface area (Å²) >= 11 is 0. The Morgan fingerprint density at radius 3 is 2.46 bits per heavy atom. The Morgan fingerprint density at radius 2 is 1.88 bits per heavy atom. The van der Waals surface area contributed by atoms with Crippen molar-refractivity contribution in [3.63, 3.8) is 0 Å². The molecular formula is C17H27N3O3S. The number of piperidine rings is 1. The average Bonchev–Trinajstić information content (AvgIpc) is 2.45. The molecule has 0 saturated carbocycles. The third kappa shape index (κ3) is 5.03. The van der Waals surface area contributed by atoms with Gasteiger partial charge in [0.2, 0.25) is 5.91 Å². The van der Waals surface area contributed by atoms with Crippen LogP contribution in [0.5, 0.6) is 0 Å². The lowest BCUT2D eigenvalue weighted by Crippen LogP contribution is -2.48. The first-order valence-corrected chi connectivity index (χ1v) is 9.76. The molecule has 3 atom stereocenters. The molecule has 0 unspecified atom stereocenters. The summed E-state index contributed by atoms with van der Waals surface area (Å²) < 4.78 is 29.6. The molecule has 1 aliphatic rings. The largest absolute Gasteiger partial charge is 0.326 e. The number of amides is 1. The van der Waals surface area contributed by atoms with Gasteiger partial charge in [0, 0.05) is 31.7 Å². The summed E-state index contributed by atoms with van der Waals surface area (Å²) in [5.74, 6) is 0.573. The molecule has 24 heavy (non-hydrogen) atoms. The lowest BCUT2D eigenvalue weighted by Gasteiger charge is -2.34. The summed E-state index contributed by atoms with van der Waals surface area (Å²) in [6, 6.07) is 6.84. The fourth-order valence-corrected chi connectivity index (χ4v) is 4.89. The second kappa shape index (κ2) is 7.63. The standard InChI is InChI=1S/C17H27N3O3S/c1-12-8-13(2)11-20(10-12)24(22,23)19-14(3)16-6-5-7-17(9-16)18-15(4)21/h5-7,9,12-14,19H,8,10-11H2,1-4H3,(H,18,21)/t12-,13+,14-/m1/s1. The van der Waals surface area contributed by atoms with Crippen LogP contribution in [0.2, 0.25) is 0 Å². The predicted molar refractivity (Wildman–Crippen MR) is 95.7 cm³/mol. The molecule has 0 spiro atoms. The fraction of sp³-hybridized carbons (Fsp3) is 0.588. The van der Waals surface area contributed by atoms with Gasteiger partial charge < -0.3 is 5.32 Å². The number of carbonyl (C=O) groups is 1.